The molecule has 2 unspecified atom stereocenters. The Hall–Kier alpha value is -0.610. The molecule has 0 spiro atoms. The highest BCUT2D eigenvalue weighted by molar-refractivity contribution is 9.10. The zero-order chi connectivity index (χ0) is 11.5. The molecular formula is C12H16BrNO2. The number of methoxy groups -OCH3 is 1. The number of hydrogen-bond donors (Lipinski definition) is 0. The summed E-state index contributed by atoms with van der Waals surface area (Å²) >= 11 is 3.31. The van der Waals surface area contributed by atoms with E-state index >= 15 is 0 Å². The number of aromatic nitrogens is 1. The first-order chi connectivity index (χ1) is 7.72. The van der Waals surface area contributed by atoms with Crippen LogP contribution in [0.2, 0.25) is 0 Å². The second kappa shape index (κ2) is 5.15. The van der Waals surface area contributed by atoms with Crippen LogP contribution >= 0.6 is 15.9 Å². The molecule has 0 bridgehead atoms. The van der Waals surface area contributed by atoms with Crippen molar-refractivity contribution in [2.45, 2.75) is 37.8 Å². The summed E-state index contributed by atoms with van der Waals surface area (Å²) in [6, 6.07) is 3.71. The summed E-state index contributed by atoms with van der Waals surface area (Å²) in [7, 11) is 1.73. The van der Waals surface area contributed by atoms with Gasteiger partial charge in [-0.15, -0.1) is 0 Å². The molecule has 1 saturated carbocycles. The molecule has 1 aromatic heterocycles. The Bertz CT molecular complexity index is 416. The molecule has 88 valence electrons. The largest absolute Gasteiger partial charge is 0.379 e. The van der Waals surface area contributed by atoms with Crippen LogP contribution in [0.4, 0.5) is 0 Å². The summed E-state index contributed by atoms with van der Waals surface area (Å²) < 4.78 is 8.11. The smallest absolute Gasteiger partial charge is 0.251 e. The highest BCUT2D eigenvalue weighted by Crippen LogP contribution is 2.29. The van der Waals surface area contributed by atoms with E-state index in [4.69, 9.17) is 4.74 Å². The molecule has 1 aromatic rings. The Morgan fingerprint density at radius 1 is 1.44 bits per heavy atom. The first-order valence-electron chi connectivity index (χ1n) is 5.63. The van der Waals surface area contributed by atoms with Crippen LogP contribution < -0.4 is 5.56 Å². The minimum Gasteiger partial charge on any atom is -0.379 e. The van der Waals surface area contributed by atoms with Crippen LogP contribution in [0.25, 0.3) is 0 Å². The third-order valence-electron chi connectivity index (χ3n) is 3.24. The summed E-state index contributed by atoms with van der Waals surface area (Å²) in [5, 5.41) is 0. The topological polar surface area (TPSA) is 31.2 Å². The Labute approximate surface area is 104 Å². The Morgan fingerprint density at radius 3 is 2.88 bits per heavy atom. The molecule has 1 aliphatic carbocycles. The molecule has 2 atom stereocenters. The molecule has 1 heterocycles. The van der Waals surface area contributed by atoms with E-state index in [1.807, 2.05) is 12.3 Å². The third-order valence-corrected chi connectivity index (χ3v) is 3.73. The first kappa shape index (κ1) is 11.9. The van der Waals surface area contributed by atoms with Crippen LogP contribution in [0.3, 0.4) is 0 Å². The van der Waals surface area contributed by atoms with Gasteiger partial charge in [0.1, 0.15) is 0 Å². The highest BCUT2D eigenvalue weighted by atomic mass is 79.9. The van der Waals surface area contributed by atoms with Crippen molar-refractivity contribution in [3.63, 3.8) is 0 Å². The molecule has 0 aromatic carbocycles. The average Bonchev–Trinajstić information content (AvgIpc) is 2.29. The number of hydrogen-bond acceptors (Lipinski definition) is 2. The maximum absolute atomic E-state index is 11.9. The van der Waals surface area contributed by atoms with Gasteiger partial charge in [0.05, 0.1) is 12.1 Å². The molecule has 3 nitrogen and oxygen atoms in total. The second-order valence-corrected chi connectivity index (χ2v) is 5.13. The zero-order valence-electron chi connectivity index (χ0n) is 9.36. The van der Waals surface area contributed by atoms with E-state index in [2.05, 4.69) is 15.9 Å². The summed E-state index contributed by atoms with van der Waals surface area (Å²) in [5.41, 5.74) is 0.0447. The lowest BCUT2D eigenvalue weighted by Crippen LogP contribution is -2.35. The van der Waals surface area contributed by atoms with E-state index in [1.54, 1.807) is 17.7 Å². The fourth-order valence-electron chi connectivity index (χ4n) is 2.41. The van der Waals surface area contributed by atoms with Crippen LogP contribution in [0.15, 0.2) is 27.6 Å². The third kappa shape index (κ3) is 2.38. The molecule has 0 amide bonds. The van der Waals surface area contributed by atoms with Crippen molar-refractivity contribution < 1.29 is 4.74 Å². The lowest BCUT2D eigenvalue weighted by atomic mass is 9.92. The Kier molecular flexibility index (Phi) is 3.82. The molecule has 1 aliphatic rings. The SMILES string of the molecule is COC1CCCCC1n1ccc(Br)cc1=O. The van der Waals surface area contributed by atoms with Gasteiger partial charge in [-0.2, -0.15) is 0 Å². The van der Waals surface area contributed by atoms with E-state index in [0.717, 1.165) is 17.3 Å². The molecule has 4 heteroatoms. The van der Waals surface area contributed by atoms with Gasteiger partial charge in [0.25, 0.3) is 5.56 Å². The van der Waals surface area contributed by atoms with Gasteiger partial charge < -0.3 is 9.30 Å². The van der Waals surface area contributed by atoms with Gasteiger partial charge in [0.15, 0.2) is 0 Å². The van der Waals surface area contributed by atoms with E-state index < -0.39 is 0 Å². The van der Waals surface area contributed by atoms with Gasteiger partial charge in [-0.1, -0.05) is 28.8 Å². The molecule has 0 saturated heterocycles. The van der Waals surface area contributed by atoms with Gasteiger partial charge in [-0.25, -0.2) is 0 Å². The predicted octanol–water partition coefficient (Wildman–Crippen LogP) is 2.74. The van der Waals surface area contributed by atoms with E-state index in [9.17, 15) is 4.79 Å². The minimum absolute atomic E-state index is 0.0447. The first-order valence-corrected chi connectivity index (χ1v) is 6.42. The quantitative estimate of drug-likeness (QED) is 0.837. The Balaban J connectivity index is 2.31. The second-order valence-electron chi connectivity index (χ2n) is 4.22. The molecular weight excluding hydrogens is 270 g/mol. The van der Waals surface area contributed by atoms with Crippen LogP contribution in [0.1, 0.15) is 31.7 Å². The van der Waals surface area contributed by atoms with Crippen molar-refractivity contribution in [2.75, 3.05) is 7.11 Å². The normalized spacial score (nSPS) is 25.6. The fraction of sp³-hybridized carbons (Fsp3) is 0.583. The fourth-order valence-corrected chi connectivity index (χ4v) is 2.72. The lowest BCUT2D eigenvalue weighted by Gasteiger charge is -2.31. The summed E-state index contributed by atoms with van der Waals surface area (Å²) in [6.45, 7) is 0. The number of ether oxygens (including phenoxy) is 1. The van der Waals surface area contributed by atoms with Crippen LogP contribution in [-0.4, -0.2) is 17.8 Å². The molecule has 2 rings (SSSR count). The van der Waals surface area contributed by atoms with Crippen molar-refractivity contribution in [3.05, 3.63) is 33.2 Å². The molecule has 0 N–H and O–H groups in total. The Morgan fingerprint density at radius 2 is 2.19 bits per heavy atom. The van der Waals surface area contributed by atoms with Gasteiger partial charge >= 0.3 is 0 Å². The summed E-state index contributed by atoms with van der Waals surface area (Å²) in [5.74, 6) is 0. The highest BCUT2D eigenvalue weighted by Gasteiger charge is 2.26. The standard InChI is InChI=1S/C12H16BrNO2/c1-16-11-5-3-2-4-10(11)14-7-6-9(13)8-12(14)15/h6-8,10-11H,2-5H2,1H3. The molecule has 16 heavy (non-hydrogen) atoms. The minimum atomic E-state index is 0.0447. The monoisotopic (exact) mass is 285 g/mol. The maximum Gasteiger partial charge on any atom is 0.251 e. The maximum atomic E-state index is 11.9. The van der Waals surface area contributed by atoms with Crippen molar-refractivity contribution in [3.8, 4) is 0 Å². The van der Waals surface area contributed by atoms with E-state index in [-0.39, 0.29) is 17.7 Å². The number of pyridine rings is 1. The number of halogens is 1. The number of nitrogens with zero attached hydrogens (tertiary/aromatic N) is 1. The van der Waals surface area contributed by atoms with Gasteiger partial charge in [-0.3, -0.25) is 4.79 Å². The molecule has 0 aliphatic heterocycles. The van der Waals surface area contributed by atoms with E-state index in [1.165, 1.54) is 12.8 Å². The summed E-state index contributed by atoms with van der Waals surface area (Å²) in [4.78, 5) is 11.9. The summed E-state index contributed by atoms with van der Waals surface area (Å²) in [6.07, 6.45) is 6.47. The van der Waals surface area contributed by atoms with Crippen molar-refractivity contribution >= 4 is 15.9 Å². The number of rotatable bonds is 2. The van der Waals surface area contributed by atoms with Gasteiger partial charge in [0, 0.05) is 23.8 Å². The molecule has 1 fully saturated rings. The molecule has 0 radical (unpaired) electrons. The lowest BCUT2D eigenvalue weighted by molar-refractivity contribution is 0.0277. The van der Waals surface area contributed by atoms with Crippen molar-refractivity contribution in [1.82, 2.24) is 4.57 Å². The zero-order valence-corrected chi connectivity index (χ0v) is 10.9. The van der Waals surface area contributed by atoms with Gasteiger partial charge in [-0.05, 0) is 18.9 Å². The van der Waals surface area contributed by atoms with Crippen LogP contribution in [-0.2, 0) is 4.74 Å². The van der Waals surface area contributed by atoms with Crippen molar-refractivity contribution in [1.29, 1.82) is 0 Å². The predicted molar refractivity (Wildman–Crippen MR) is 66.7 cm³/mol. The average molecular weight is 286 g/mol. The van der Waals surface area contributed by atoms with Gasteiger partial charge in [0.2, 0.25) is 0 Å². The van der Waals surface area contributed by atoms with Crippen LogP contribution in [0.5, 0.6) is 0 Å². The van der Waals surface area contributed by atoms with Crippen LogP contribution in [0, 0.1) is 0 Å². The van der Waals surface area contributed by atoms with Crippen molar-refractivity contribution in [2.24, 2.45) is 0 Å². The van der Waals surface area contributed by atoms with E-state index in [0.29, 0.717) is 0 Å².